The van der Waals surface area contributed by atoms with Crippen molar-refractivity contribution in [2.75, 3.05) is 20.1 Å². The van der Waals surface area contributed by atoms with Gasteiger partial charge in [-0.25, -0.2) is 0 Å². The van der Waals surface area contributed by atoms with E-state index in [0.717, 1.165) is 19.5 Å². The lowest BCUT2D eigenvalue weighted by Gasteiger charge is -2.28. The molecule has 0 amide bonds. The molecule has 1 unspecified atom stereocenters. The molecule has 0 spiro atoms. The Morgan fingerprint density at radius 2 is 2.33 bits per heavy atom. The summed E-state index contributed by atoms with van der Waals surface area (Å²) in [5, 5.41) is 8.11. The van der Waals surface area contributed by atoms with Crippen LogP contribution in [0.25, 0.3) is 0 Å². The molecule has 0 bridgehead atoms. The molecule has 0 saturated carbocycles. The SMILES string of the molecule is CCc1cc(CN(C)CC2CCCCN2)n(C)n1. The first-order valence-corrected chi connectivity index (χ1v) is 7.12. The zero-order chi connectivity index (χ0) is 13.0. The smallest absolute Gasteiger partial charge is 0.0625 e. The summed E-state index contributed by atoms with van der Waals surface area (Å²) in [6.45, 7) is 5.46. The maximum atomic E-state index is 4.50. The van der Waals surface area contributed by atoms with E-state index >= 15 is 0 Å². The number of aromatic nitrogens is 2. The zero-order valence-electron chi connectivity index (χ0n) is 11.9. The average Bonchev–Trinajstić information content (AvgIpc) is 2.71. The average molecular weight is 250 g/mol. The minimum absolute atomic E-state index is 0.669. The van der Waals surface area contributed by atoms with Gasteiger partial charge >= 0.3 is 0 Å². The highest BCUT2D eigenvalue weighted by atomic mass is 15.3. The highest BCUT2D eigenvalue weighted by Crippen LogP contribution is 2.11. The first-order valence-electron chi connectivity index (χ1n) is 7.12. The van der Waals surface area contributed by atoms with Gasteiger partial charge < -0.3 is 5.32 Å². The molecule has 102 valence electrons. The molecule has 2 heterocycles. The molecular formula is C14H26N4. The number of aryl methyl sites for hydroxylation is 2. The lowest BCUT2D eigenvalue weighted by atomic mass is 10.0. The van der Waals surface area contributed by atoms with Gasteiger partial charge in [0.2, 0.25) is 0 Å². The number of hydrogen-bond acceptors (Lipinski definition) is 3. The van der Waals surface area contributed by atoms with Crippen LogP contribution >= 0.6 is 0 Å². The lowest BCUT2D eigenvalue weighted by Crippen LogP contribution is -2.42. The van der Waals surface area contributed by atoms with E-state index in [1.54, 1.807) is 0 Å². The maximum Gasteiger partial charge on any atom is 0.0625 e. The largest absolute Gasteiger partial charge is 0.313 e. The molecule has 2 rings (SSSR count). The number of likely N-dealkylation sites (N-methyl/N-ethyl adjacent to an activating group) is 1. The molecule has 18 heavy (non-hydrogen) atoms. The molecule has 4 heteroatoms. The van der Waals surface area contributed by atoms with E-state index in [1.165, 1.54) is 37.2 Å². The van der Waals surface area contributed by atoms with Crippen molar-refractivity contribution in [2.24, 2.45) is 7.05 Å². The van der Waals surface area contributed by atoms with E-state index in [9.17, 15) is 0 Å². The van der Waals surface area contributed by atoms with Crippen molar-refractivity contribution in [3.63, 3.8) is 0 Å². The fraction of sp³-hybridized carbons (Fsp3) is 0.786. The fourth-order valence-electron chi connectivity index (χ4n) is 2.69. The van der Waals surface area contributed by atoms with Crippen LogP contribution in [0, 0.1) is 0 Å². The Morgan fingerprint density at radius 3 is 2.94 bits per heavy atom. The van der Waals surface area contributed by atoms with Crippen LogP contribution in [0.3, 0.4) is 0 Å². The first kappa shape index (κ1) is 13.6. The molecule has 0 aliphatic carbocycles. The standard InChI is InChI=1S/C14H26N4/c1-4-12-9-14(18(3)16-12)11-17(2)10-13-7-5-6-8-15-13/h9,13,15H,4-8,10-11H2,1-3H3. The Morgan fingerprint density at radius 1 is 1.50 bits per heavy atom. The highest BCUT2D eigenvalue weighted by molar-refractivity contribution is 5.10. The topological polar surface area (TPSA) is 33.1 Å². The normalized spacial score (nSPS) is 20.6. The van der Waals surface area contributed by atoms with Gasteiger partial charge in [-0.3, -0.25) is 9.58 Å². The van der Waals surface area contributed by atoms with Crippen molar-refractivity contribution in [3.05, 3.63) is 17.5 Å². The third-order valence-corrected chi connectivity index (χ3v) is 3.77. The van der Waals surface area contributed by atoms with Gasteiger partial charge in [-0.05, 0) is 38.9 Å². The van der Waals surface area contributed by atoms with E-state index in [-0.39, 0.29) is 0 Å². The number of piperidine rings is 1. The summed E-state index contributed by atoms with van der Waals surface area (Å²) in [5.74, 6) is 0. The Hall–Kier alpha value is -0.870. The first-order chi connectivity index (χ1) is 8.69. The number of nitrogens with one attached hydrogen (secondary N) is 1. The van der Waals surface area contributed by atoms with Crippen molar-refractivity contribution in [3.8, 4) is 0 Å². The zero-order valence-corrected chi connectivity index (χ0v) is 11.9. The van der Waals surface area contributed by atoms with Crippen LogP contribution < -0.4 is 5.32 Å². The lowest BCUT2D eigenvalue weighted by molar-refractivity contribution is 0.252. The van der Waals surface area contributed by atoms with Crippen LogP contribution in [-0.4, -0.2) is 40.9 Å². The number of rotatable bonds is 5. The van der Waals surface area contributed by atoms with Gasteiger partial charge in [0.1, 0.15) is 0 Å². The molecule has 1 aliphatic heterocycles. The molecule has 1 aromatic rings. The molecule has 1 aromatic heterocycles. The van der Waals surface area contributed by atoms with Gasteiger partial charge in [0, 0.05) is 26.2 Å². The van der Waals surface area contributed by atoms with Crippen LogP contribution in [0.1, 0.15) is 37.6 Å². The summed E-state index contributed by atoms with van der Waals surface area (Å²) in [7, 11) is 4.25. The molecule has 1 saturated heterocycles. The van der Waals surface area contributed by atoms with Crippen molar-refractivity contribution in [1.29, 1.82) is 0 Å². The van der Waals surface area contributed by atoms with Crippen LogP contribution in [0.4, 0.5) is 0 Å². The molecule has 1 N–H and O–H groups in total. The Kier molecular flexibility index (Phi) is 4.78. The van der Waals surface area contributed by atoms with Gasteiger partial charge in [-0.15, -0.1) is 0 Å². The van der Waals surface area contributed by atoms with Crippen LogP contribution in [0.2, 0.25) is 0 Å². The second-order valence-electron chi connectivity index (χ2n) is 5.45. The monoisotopic (exact) mass is 250 g/mol. The quantitative estimate of drug-likeness (QED) is 0.861. The van der Waals surface area contributed by atoms with E-state index in [0.29, 0.717) is 6.04 Å². The second-order valence-corrected chi connectivity index (χ2v) is 5.45. The van der Waals surface area contributed by atoms with Gasteiger partial charge in [0.15, 0.2) is 0 Å². The molecule has 1 fully saturated rings. The summed E-state index contributed by atoms with van der Waals surface area (Å²) in [5.41, 5.74) is 2.50. The molecule has 0 aromatic carbocycles. The third-order valence-electron chi connectivity index (χ3n) is 3.77. The minimum atomic E-state index is 0.669. The van der Waals surface area contributed by atoms with Crippen LogP contribution in [-0.2, 0) is 20.0 Å². The minimum Gasteiger partial charge on any atom is -0.313 e. The van der Waals surface area contributed by atoms with Gasteiger partial charge in [0.05, 0.1) is 11.4 Å². The van der Waals surface area contributed by atoms with Crippen LogP contribution in [0.5, 0.6) is 0 Å². The molecule has 1 atom stereocenters. The van der Waals surface area contributed by atoms with E-state index in [2.05, 4.69) is 35.4 Å². The van der Waals surface area contributed by atoms with E-state index < -0.39 is 0 Å². The molecule has 1 aliphatic rings. The highest BCUT2D eigenvalue weighted by Gasteiger charge is 2.15. The summed E-state index contributed by atoms with van der Waals surface area (Å²) in [6, 6.07) is 2.90. The fourth-order valence-corrected chi connectivity index (χ4v) is 2.69. The summed E-state index contributed by atoms with van der Waals surface area (Å²) >= 11 is 0. The summed E-state index contributed by atoms with van der Waals surface area (Å²) < 4.78 is 2.02. The van der Waals surface area contributed by atoms with Crippen molar-refractivity contribution in [1.82, 2.24) is 20.0 Å². The summed E-state index contributed by atoms with van der Waals surface area (Å²) in [4.78, 5) is 2.40. The summed E-state index contributed by atoms with van der Waals surface area (Å²) in [6.07, 6.45) is 5.04. The Balaban J connectivity index is 1.85. The number of nitrogens with zero attached hydrogens (tertiary/aromatic N) is 3. The van der Waals surface area contributed by atoms with Gasteiger partial charge in [-0.1, -0.05) is 13.3 Å². The second kappa shape index (κ2) is 6.34. The van der Waals surface area contributed by atoms with E-state index in [1.807, 2.05) is 11.7 Å². The van der Waals surface area contributed by atoms with E-state index in [4.69, 9.17) is 0 Å². The van der Waals surface area contributed by atoms with Crippen molar-refractivity contribution >= 4 is 0 Å². The van der Waals surface area contributed by atoms with Gasteiger partial charge in [-0.2, -0.15) is 5.10 Å². The predicted molar refractivity (Wildman–Crippen MR) is 74.6 cm³/mol. The molecule has 0 radical (unpaired) electrons. The third kappa shape index (κ3) is 3.56. The van der Waals surface area contributed by atoms with Crippen molar-refractivity contribution < 1.29 is 0 Å². The molecule has 4 nitrogen and oxygen atoms in total. The van der Waals surface area contributed by atoms with Crippen LogP contribution in [0.15, 0.2) is 6.07 Å². The van der Waals surface area contributed by atoms with Crippen molar-refractivity contribution in [2.45, 2.75) is 45.2 Å². The Labute approximate surface area is 110 Å². The maximum absolute atomic E-state index is 4.50. The number of hydrogen-bond donors (Lipinski definition) is 1. The molecular weight excluding hydrogens is 224 g/mol. The predicted octanol–water partition coefficient (Wildman–Crippen LogP) is 1.56. The Bertz CT molecular complexity index is 366. The van der Waals surface area contributed by atoms with Gasteiger partial charge in [0.25, 0.3) is 0 Å².